The Bertz CT molecular complexity index is 451. The van der Waals surface area contributed by atoms with Crippen molar-refractivity contribution in [2.24, 2.45) is 7.05 Å². The normalized spacial score (nSPS) is 10.0. The third-order valence-electron chi connectivity index (χ3n) is 2.17. The summed E-state index contributed by atoms with van der Waals surface area (Å²) in [6.07, 6.45) is 3.63. The molecule has 4 heteroatoms. The summed E-state index contributed by atoms with van der Waals surface area (Å²) in [4.78, 5) is 4.18. The van der Waals surface area contributed by atoms with Gasteiger partial charge in [0.2, 0.25) is 5.95 Å². The number of anilines is 2. The van der Waals surface area contributed by atoms with Gasteiger partial charge in [-0.15, -0.1) is 0 Å². The molecule has 15 heavy (non-hydrogen) atoms. The first-order chi connectivity index (χ1) is 7.31. The fraction of sp³-hybridized carbons (Fsp3) is 0.182. The molecule has 0 aliphatic rings. The molecule has 1 heterocycles. The summed E-state index contributed by atoms with van der Waals surface area (Å²) in [6.45, 7) is 0. The molecule has 0 atom stereocenters. The van der Waals surface area contributed by atoms with E-state index < -0.39 is 0 Å². The molecule has 0 aliphatic heterocycles. The molecule has 78 valence electrons. The van der Waals surface area contributed by atoms with Gasteiger partial charge in [0, 0.05) is 19.4 Å². The molecule has 1 aromatic carbocycles. The lowest BCUT2D eigenvalue weighted by Gasteiger charge is -2.09. The number of nitrogens with zero attached hydrogens (tertiary/aromatic N) is 2. The summed E-state index contributed by atoms with van der Waals surface area (Å²) < 4.78 is 7.14. The number of methoxy groups -OCH3 is 1. The van der Waals surface area contributed by atoms with E-state index in [9.17, 15) is 0 Å². The van der Waals surface area contributed by atoms with Crippen LogP contribution in [0.15, 0.2) is 36.7 Å². The molecule has 0 bridgehead atoms. The highest BCUT2D eigenvalue weighted by atomic mass is 16.5. The van der Waals surface area contributed by atoms with E-state index in [2.05, 4.69) is 10.3 Å². The molecule has 2 aromatic rings. The lowest BCUT2D eigenvalue weighted by Crippen LogP contribution is -2.00. The number of nitrogens with one attached hydrogen (secondary N) is 1. The molecule has 0 fully saturated rings. The van der Waals surface area contributed by atoms with Crippen molar-refractivity contribution < 1.29 is 4.74 Å². The molecule has 0 spiro atoms. The first-order valence-corrected chi connectivity index (χ1v) is 4.68. The predicted molar refractivity (Wildman–Crippen MR) is 59.5 cm³/mol. The Kier molecular flexibility index (Phi) is 2.58. The SMILES string of the molecule is COc1ccccc1Nc1nccn1C. The third kappa shape index (κ3) is 1.93. The molecule has 0 radical (unpaired) electrons. The predicted octanol–water partition coefficient (Wildman–Crippen LogP) is 2.17. The van der Waals surface area contributed by atoms with Gasteiger partial charge in [0.25, 0.3) is 0 Å². The van der Waals surface area contributed by atoms with E-state index in [0.29, 0.717) is 0 Å². The van der Waals surface area contributed by atoms with Gasteiger partial charge in [0.1, 0.15) is 5.75 Å². The van der Waals surface area contributed by atoms with Crippen LogP contribution in [0.3, 0.4) is 0 Å². The number of benzene rings is 1. The highest BCUT2D eigenvalue weighted by molar-refractivity contribution is 5.62. The van der Waals surface area contributed by atoms with Crippen LogP contribution in [0.25, 0.3) is 0 Å². The lowest BCUT2D eigenvalue weighted by molar-refractivity contribution is 0.417. The second kappa shape index (κ2) is 4.04. The Morgan fingerprint density at radius 2 is 2.13 bits per heavy atom. The van der Waals surface area contributed by atoms with Crippen molar-refractivity contribution in [1.29, 1.82) is 0 Å². The minimum Gasteiger partial charge on any atom is -0.495 e. The van der Waals surface area contributed by atoms with E-state index in [1.54, 1.807) is 13.3 Å². The van der Waals surface area contributed by atoms with Crippen molar-refractivity contribution in [3.05, 3.63) is 36.7 Å². The monoisotopic (exact) mass is 203 g/mol. The quantitative estimate of drug-likeness (QED) is 0.831. The van der Waals surface area contributed by atoms with E-state index in [0.717, 1.165) is 17.4 Å². The number of ether oxygens (including phenoxy) is 1. The summed E-state index contributed by atoms with van der Waals surface area (Å²) in [6, 6.07) is 7.75. The van der Waals surface area contributed by atoms with Gasteiger partial charge in [-0.3, -0.25) is 0 Å². The standard InChI is InChI=1S/C11H13N3O/c1-14-8-7-12-11(14)13-9-5-3-4-6-10(9)15-2/h3-8H,1-2H3,(H,12,13). The van der Waals surface area contributed by atoms with Crippen molar-refractivity contribution >= 4 is 11.6 Å². The van der Waals surface area contributed by atoms with Gasteiger partial charge in [-0.2, -0.15) is 0 Å². The fourth-order valence-corrected chi connectivity index (χ4v) is 1.35. The van der Waals surface area contributed by atoms with Crippen LogP contribution in [0.1, 0.15) is 0 Å². The van der Waals surface area contributed by atoms with Crippen LogP contribution < -0.4 is 10.1 Å². The molecule has 0 saturated heterocycles. The molecule has 4 nitrogen and oxygen atoms in total. The van der Waals surface area contributed by atoms with Gasteiger partial charge in [-0.05, 0) is 12.1 Å². The number of hydrogen-bond donors (Lipinski definition) is 1. The number of aromatic nitrogens is 2. The summed E-state index contributed by atoms with van der Waals surface area (Å²) in [5, 5.41) is 3.20. The van der Waals surface area contributed by atoms with E-state index in [1.165, 1.54) is 0 Å². The molecular formula is C11H13N3O. The first kappa shape index (κ1) is 9.58. The minimum atomic E-state index is 0.791. The zero-order valence-corrected chi connectivity index (χ0v) is 8.77. The van der Waals surface area contributed by atoms with Crippen molar-refractivity contribution in [1.82, 2.24) is 9.55 Å². The highest BCUT2D eigenvalue weighted by Crippen LogP contribution is 2.25. The average molecular weight is 203 g/mol. The molecular weight excluding hydrogens is 190 g/mol. The lowest BCUT2D eigenvalue weighted by atomic mass is 10.3. The molecule has 0 aliphatic carbocycles. The van der Waals surface area contributed by atoms with Crippen LogP contribution in [-0.4, -0.2) is 16.7 Å². The van der Waals surface area contributed by atoms with Crippen LogP contribution in [0.5, 0.6) is 5.75 Å². The van der Waals surface area contributed by atoms with Crippen LogP contribution in [-0.2, 0) is 7.05 Å². The topological polar surface area (TPSA) is 39.1 Å². The fourth-order valence-electron chi connectivity index (χ4n) is 1.35. The van der Waals surface area contributed by atoms with Gasteiger partial charge in [-0.25, -0.2) is 4.98 Å². The van der Waals surface area contributed by atoms with Crippen molar-refractivity contribution in [3.8, 4) is 5.75 Å². The molecule has 2 rings (SSSR count). The molecule has 0 amide bonds. The van der Waals surface area contributed by atoms with E-state index in [-0.39, 0.29) is 0 Å². The Morgan fingerprint density at radius 1 is 1.33 bits per heavy atom. The second-order valence-corrected chi connectivity index (χ2v) is 3.19. The number of aryl methyl sites for hydroxylation is 1. The van der Waals surface area contributed by atoms with E-state index in [1.807, 2.05) is 42.1 Å². The van der Waals surface area contributed by atoms with E-state index in [4.69, 9.17) is 4.74 Å². The van der Waals surface area contributed by atoms with Gasteiger partial charge < -0.3 is 14.6 Å². The van der Waals surface area contributed by atoms with Gasteiger partial charge in [-0.1, -0.05) is 12.1 Å². The molecule has 0 saturated carbocycles. The maximum absolute atomic E-state index is 5.23. The largest absolute Gasteiger partial charge is 0.495 e. The van der Waals surface area contributed by atoms with Crippen LogP contribution in [0, 0.1) is 0 Å². The zero-order chi connectivity index (χ0) is 10.7. The Balaban J connectivity index is 2.28. The molecule has 1 aromatic heterocycles. The Labute approximate surface area is 88.5 Å². The number of imidazole rings is 1. The second-order valence-electron chi connectivity index (χ2n) is 3.19. The number of para-hydroxylation sites is 2. The first-order valence-electron chi connectivity index (χ1n) is 4.68. The molecule has 1 N–H and O–H groups in total. The number of rotatable bonds is 3. The molecule has 0 unspecified atom stereocenters. The van der Waals surface area contributed by atoms with Gasteiger partial charge in [0.05, 0.1) is 12.8 Å². The maximum atomic E-state index is 5.23. The minimum absolute atomic E-state index is 0.791. The van der Waals surface area contributed by atoms with Gasteiger partial charge >= 0.3 is 0 Å². The summed E-state index contributed by atoms with van der Waals surface area (Å²) in [5.41, 5.74) is 0.911. The third-order valence-corrected chi connectivity index (χ3v) is 2.17. The summed E-state index contributed by atoms with van der Waals surface area (Å²) in [5.74, 6) is 1.60. The summed E-state index contributed by atoms with van der Waals surface area (Å²) >= 11 is 0. The zero-order valence-electron chi connectivity index (χ0n) is 8.77. The Hall–Kier alpha value is -1.97. The van der Waals surface area contributed by atoms with Crippen molar-refractivity contribution in [3.63, 3.8) is 0 Å². The number of hydrogen-bond acceptors (Lipinski definition) is 3. The smallest absolute Gasteiger partial charge is 0.207 e. The van der Waals surface area contributed by atoms with Crippen LogP contribution in [0.2, 0.25) is 0 Å². The average Bonchev–Trinajstić information content (AvgIpc) is 2.65. The summed E-state index contributed by atoms with van der Waals surface area (Å²) in [7, 11) is 3.59. The highest BCUT2D eigenvalue weighted by Gasteiger charge is 2.03. The van der Waals surface area contributed by atoms with Gasteiger partial charge in [0.15, 0.2) is 0 Å². The van der Waals surface area contributed by atoms with Crippen molar-refractivity contribution in [2.45, 2.75) is 0 Å². The van der Waals surface area contributed by atoms with Crippen molar-refractivity contribution in [2.75, 3.05) is 12.4 Å². The van der Waals surface area contributed by atoms with Crippen LogP contribution in [0.4, 0.5) is 11.6 Å². The van der Waals surface area contributed by atoms with Crippen LogP contribution >= 0.6 is 0 Å². The van der Waals surface area contributed by atoms with E-state index >= 15 is 0 Å². The Morgan fingerprint density at radius 3 is 2.80 bits per heavy atom. The maximum Gasteiger partial charge on any atom is 0.207 e.